The van der Waals surface area contributed by atoms with Crippen LogP contribution in [0.1, 0.15) is 143 Å². The van der Waals surface area contributed by atoms with E-state index in [1.54, 1.807) is 0 Å². The molecule has 7 aromatic rings. The summed E-state index contributed by atoms with van der Waals surface area (Å²) in [5.74, 6) is 0. The maximum Gasteiger partial charge on any atom is 0.0517 e. The van der Waals surface area contributed by atoms with Crippen LogP contribution in [0.5, 0.6) is 0 Å². The van der Waals surface area contributed by atoms with Gasteiger partial charge in [0.25, 0.3) is 0 Å². The van der Waals surface area contributed by atoms with E-state index in [-0.39, 0.29) is 32.7 Å². The zero-order valence-corrected chi connectivity index (χ0v) is 40.3. The second-order valence-corrected chi connectivity index (χ2v) is 23.2. The molecule has 0 aromatic heterocycles. The molecular formula is C62H68N2. The average Bonchev–Trinajstić information content (AvgIpc) is 3.62. The highest BCUT2D eigenvalue weighted by Gasteiger charge is 2.59. The van der Waals surface area contributed by atoms with Gasteiger partial charge in [-0.15, -0.1) is 0 Å². The van der Waals surface area contributed by atoms with Gasteiger partial charge in [-0.25, -0.2) is 0 Å². The molecule has 4 unspecified atom stereocenters. The molecule has 326 valence electrons. The number of nitrogens with zero attached hydrogens (tertiary/aromatic N) is 2. The third-order valence-electron chi connectivity index (χ3n) is 17.7. The van der Waals surface area contributed by atoms with Crippen LogP contribution in [0.25, 0.3) is 43.8 Å². The summed E-state index contributed by atoms with van der Waals surface area (Å²) in [5.41, 5.74) is 16.5. The van der Waals surface area contributed by atoms with Gasteiger partial charge in [-0.3, -0.25) is 0 Å². The molecule has 64 heavy (non-hydrogen) atoms. The van der Waals surface area contributed by atoms with Crippen molar-refractivity contribution in [1.82, 2.24) is 0 Å². The Morgan fingerprint density at radius 2 is 0.750 bits per heavy atom. The van der Waals surface area contributed by atoms with Crippen molar-refractivity contribution in [2.75, 3.05) is 9.80 Å². The summed E-state index contributed by atoms with van der Waals surface area (Å²) in [6.07, 6.45) is 9.89. The Morgan fingerprint density at radius 1 is 0.391 bits per heavy atom. The van der Waals surface area contributed by atoms with E-state index < -0.39 is 0 Å². The molecule has 0 amide bonds. The average molecular weight is 841 g/mol. The minimum absolute atomic E-state index is 0.0236. The van der Waals surface area contributed by atoms with E-state index in [0.717, 1.165) is 0 Å². The largest absolute Gasteiger partial charge is 0.334 e. The Hall–Kier alpha value is -5.34. The summed E-state index contributed by atoms with van der Waals surface area (Å²) in [4.78, 5) is 5.51. The molecule has 2 aliphatic heterocycles. The monoisotopic (exact) mass is 841 g/mol. The summed E-state index contributed by atoms with van der Waals surface area (Å²) < 4.78 is 0. The van der Waals surface area contributed by atoms with Crippen LogP contribution in [0.2, 0.25) is 0 Å². The van der Waals surface area contributed by atoms with Crippen molar-refractivity contribution in [3.8, 4) is 22.3 Å². The molecule has 0 radical (unpaired) electrons. The smallest absolute Gasteiger partial charge is 0.0517 e. The minimum atomic E-state index is -0.0236. The maximum atomic E-state index is 2.76. The first-order chi connectivity index (χ1) is 30.5. The van der Waals surface area contributed by atoms with Gasteiger partial charge in [-0.2, -0.15) is 0 Å². The number of anilines is 4. The zero-order valence-electron chi connectivity index (χ0n) is 40.3. The lowest BCUT2D eigenvalue weighted by Gasteiger charge is -2.50. The fourth-order valence-corrected chi connectivity index (χ4v) is 13.6. The van der Waals surface area contributed by atoms with E-state index in [0.29, 0.717) is 0 Å². The minimum Gasteiger partial charge on any atom is -0.334 e. The summed E-state index contributed by atoms with van der Waals surface area (Å²) in [6.45, 7) is 24.1. The number of benzene rings is 7. The lowest BCUT2D eigenvalue weighted by molar-refractivity contribution is 0.195. The fraction of sp³-hybridized carbons (Fsp3) is 0.387. The molecule has 0 N–H and O–H groups in total. The Morgan fingerprint density at radius 3 is 1.12 bits per heavy atom. The van der Waals surface area contributed by atoms with E-state index >= 15 is 0 Å². The Labute approximate surface area is 383 Å². The molecule has 2 nitrogen and oxygen atoms in total. The van der Waals surface area contributed by atoms with Crippen LogP contribution in [0.15, 0.2) is 133 Å². The molecule has 2 aliphatic carbocycles. The Kier molecular flexibility index (Phi) is 9.10. The van der Waals surface area contributed by atoms with Crippen LogP contribution in [-0.4, -0.2) is 11.1 Å². The van der Waals surface area contributed by atoms with Gasteiger partial charge in [0.2, 0.25) is 0 Å². The second kappa shape index (κ2) is 14.1. The summed E-state index contributed by atoms with van der Waals surface area (Å²) in [7, 11) is 0. The van der Waals surface area contributed by atoms with Gasteiger partial charge >= 0.3 is 0 Å². The lowest BCUT2D eigenvalue weighted by Crippen LogP contribution is -2.54. The third kappa shape index (κ3) is 5.75. The summed E-state index contributed by atoms with van der Waals surface area (Å²) in [6, 6.07) is 52.8. The number of para-hydroxylation sites is 2. The molecule has 0 spiro atoms. The molecule has 7 aromatic carbocycles. The highest BCUT2D eigenvalue weighted by atomic mass is 15.3. The quantitative estimate of drug-likeness (QED) is 0.163. The highest BCUT2D eigenvalue weighted by Crippen LogP contribution is 2.63. The number of hydrogen-bond acceptors (Lipinski definition) is 2. The molecule has 11 rings (SSSR count). The molecule has 2 heteroatoms. The molecule has 0 saturated heterocycles. The van der Waals surface area contributed by atoms with Crippen molar-refractivity contribution < 1.29 is 0 Å². The summed E-state index contributed by atoms with van der Waals surface area (Å²) in [5, 5.41) is 5.26. The predicted molar refractivity (Wildman–Crippen MR) is 275 cm³/mol. The number of fused-ring (bicyclic) bond motifs is 8. The molecule has 2 heterocycles. The highest BCUT2D eigenvalue weighted by molar-refractivity contribution is 6.22. The van der Waals surface area contributed by atoms with Crippen LogP contribution < -0.4 is 9.80 Å². The van der Waals surface area contributed by atoms with Gasteiger partial charge in [0.1, 0.15) is 0 Å². The van der Waals surface area contributed by atoms with Crippen molar-refractivity contribution >= 4 is 44.3 Å². The first-order valence-corrected chi connectivity index (χ1v) is 24.5. The number of rotatable bonds is 4. The van der Waals surface area contributed by atoms with E-state index in [9.17, 15) is 0 Å². The van der Waals surface area contributed by atoms with Crippen LogP contribution in [0.3, 0.4) is 0 Å². The Bertz CT molecular complexity index is 2770. The van der Waals surface area contributed by atoms with Crippen LogP contribution in [0, 0.1) is 0 Å². The number of hydrogen-bond donors (Lipinski definition) is 0. The van der Waals surface area contributed by atoms with E-state index in [2.05, 4.69) is 212 Å². The normalized spacial score (nSPS) is 25.3. The van der Waals surface area contributed by atoms with E-state index in [4.69, 9.17) is 0 Å². The first-order valence-electron chi connectivity index (χ1n) is 24.5. The zero-order chi connectivity index (χ0) is 44.6. The third-order valence-corrected chi connectivity index (χ3v) is 17.7. The molecule has 2 fully saturated rings. The second-order valence-electron chi connectivity index (χ2n) is 23.2. The van der Waals surface area contributed by atoms with Crippen molar-refractivity contribution in [2.45, 2.75) is 153 Å². The van der Waals surface area contributed by atoms with E-state index in [1.807, 2.05) is 0 Å². The van der Waals surface area contributed by atoms with Gasteiger partial charge in [-0.1, -0.05) is 178 Å². The van der Waals surface area contributed by atoms with Crippen molar-refractivity contribution in [2.24, 2.45) is 0 Å². The van der Waals surface area contributed by atoms with Crippen LogP contribution >= 0.6 is 0 Å². The van der Waals surface area contributed by atoms with E-state index in [1.165, 1.54) is 140 Å². The molecule has 0 bridgehead atoms. The van der Waals surface area contributed by atoms with Gasteiger partial charge in [0.15, 0.2) is 0 Å². The predicted octanol–water partition coefficient (Wildman–Crippen LogP) is 17.4. The van der Waals surface area contributed by atoms with Gasteiger partial charge in [0.05, 0.1) is 11.1 Å². The molecule has 2 saturated carbocycles. The molecule has 4 aliphatic rings. The van der Waals surface area contributed by atoms with Crippen molar-refractivity contribution in [3.63, 3.8) is 0 Å². The summed E-state index contributed by atoms with van der Waals surface area (Å²) >= 11 is 0. The van der Waals surface area contributed by atoms with Crippen molar-refractivity contribution in [1.29, 1.82) is 0 Å². The van der Waals surface area contributed by atoms with Crippen LogP contribution in [-0.2, 0) is 21.7 Å². The lowest BCUT2D eigenvalue weighted by atomic mass is 9.61. The van der Waals surface area contributed by atoms with Gasteiger partial charge in [-0.05, 0) is 153 Å². The first kappa shape index (κ1) is 41.4. The molecule has 4 atom stereocenters. The standard InChI is InChI=1S/C62H68N2/c1-57(2,3)43-27-23-41(24-28-43)55-47-33-31-46(64-54-22-14-12-20-52(54)60(8)36-16-18-38-62(60,64)10)40-50(47)56(42-25-29-44(30-26-42)58(4,5)6)48-34-32-45(39-49(48)55)63-53-21-13-11-19-51(53)59(7)35-15-17-37-61(59,63)9/h11-14,19-34,39-40H,15-18,35-38H2,1-10H3. The SMILES string of the molecule is CC(C)(C)c1ccc(-c2c3ccc(N4c5ccccc5C5(C)CCCCC45C)cc3c(-c3ccc(C(C)(C)C)cc3)c3ccc(N4c5ccccc5C5(C)CCCCC45C)cc23)cc1. The van der Waals surface area contributed by atoms with Gasteiger partial charge in [0, 0.05) is 33.6 Å². The van der Waals surface area contributed by atoms with Crippen molar-refractivity contribution in [3.05, 3.63) is 156 Å². The topological polar surface area (TPSA) is 6.48 Å². The molecular weight excluding hydrogens is 773 g/mol. The Balaban J connectivity index is 1.22. The maximum absolute atomic E-state index is 2.76. The fourth-order valence-electron chi connectivity index (χ4n) is 13.6. The van der Waals surface area contributed by atoms with Crippen LogP contribution in [0.4, 0.5) is 22.7 Å². The van der Waals surface area contributed by atoms with Gasteiger partial charge < -0.3 is 9.80 Å².